The summed E-state index contributed by atoms with van der Waals surface area (Å²) in [5, 5.41) is 13.0. The molecule has 2 heterocycles. The summed E-state index contributed by atoms with van der Waals surface area (Å²) < 4.78 is -0.128. The van der Waals surface area contributed by atoms with Gasteiger partial charge in [0.25, 0.3) is 0 Å². The number of hydroxylamine groups is 3. The van der Waals surface area contributed by atoms with Crippen molar-refractivity contribution in [3.05, 3.63) is 63.8 Å². The normalized spacial score (nSPS) is 23.2. The fourth-order valence-corrected chi connectivity index (χ4v) is 4.92. The Morgan fingerprint density at radius 3 is 2.67 bits per heavy atom. The van der Waals surface area contributed by atoms with Crippen LogP contribution in [0.4, 0.5) is 0 Å². The summed E-state index contributed by atoms with van der Waals surface area (Å²) in [5.41, 5.74) is 2.68. The molecule has 126 valence electrons. The van der Waals surface area contributed by atoms with Crippen LogP contribution in [0.1, 0.15) is 17.2 Å². The Morgan fingerprint density at radius 2 is 1.88 bits per heavy atom. The van der Waals surface area contributed by atoms with Crippen molar-refractivity contribution >= 4 is 23.4 Å². The van der Waals surface area contributed by atoms with Crippen molar-refractivity contribution in [2.75, 3.05) is 33.2 Å². The van der Waals surface area contributed by atoms with Crippen molar-refractivity contribution in [3.8, 4) is 0 Å². The summed E-state index contributed by atoms with van der Waals surface area (Å²) in [4.78, 5) is 5.07. The molecule has 0 saturated carbocycles. The smallest absolute Gasteiger partial charge is 0.0911 e. The van der Waals surface area contributed by atoms with Crippen LogP contribution in [0.15, 0.2) is 52.3 Å². The zero-order chi connectivity index (χ0) is 16.7. The van der Waals surface area contributed by atoms with E-state index in [0.717, 1.165) is 24.5 Å². The fourth-order valence-electron chi connectivity index (χ4n) is 3.62. The Hall–Kier alpha value is -1.04. The van der Waals surface area contributed by atoms with Crippen LogP contribution in [0.25, 0.3) is 0 Å². The standard InChI is InChI=1S/C19H21ClN2OS/c1-22(23)10-8-21(9-11-22)17-12-14-4-2-3-5-18(14)24-19-7-6-15(20)13-16(17)19/h2-7,13,17H,8-12H2,1H3. The second-order valence-electron chi connectivity index (χ2n) is 6.89. The first-order valence-electron chi connectivity index (χ1n) is 8.37. The molecule has 2 aliphatic heterocycles. The van der Waals surface area contributed by atoms with Gasteiger partial charge in [-0.2, -0.15) is 0 Å². The number of halogens is 1. The van der Waals surface area contributed by atoms with Crippen molar-refractivity contribution in [1.82, 2.24) is 4.90 Å². The van der Waals surface area contributed by atoms with Crippen LogP contribution in [0.5, 0.6) is 0 Å². The quantitative estimate of drug-likeness (QED) is 0.558. The lowest BCUT2D eigenvalue weighted by molar-refractivity contribution is -0.865. The van der Waals surface area contributed by atoms with Gasteiger partial charge in [0.15, 0.2) is 0 Å². The van der Waals surface area contributed by atoms with E-state index in [1.807, 2.05) is 17.8 Å². The molecule has 5 heteroatoms. The van der Waals surface area contributed by atoms with Gasteiger partial charge in [0, 0.05) is 33.9 Å². The van der Waals surface area contributed by atoms with Crippen LogP contribution in [0, 0.1) is 5.21 Å². The number of rotatable bonds is 1. The predicted octanol–water partition coefficient (Wildman–Crippen LogP) is 4.35. The van der Waals surface area contributed by atoms with Gasteiger partial charge < -0.3 is 9.85 Å². The molecule has 2 aromatic carbocycles. The molecule has 0 aliphatic carbocycles. The molecule has 1 saturated heterocycles. The number of piperazine rings is 1. The highest BCUT2D eigenvalue weighted by Gasteiger charge is 2.31. The van der Waals surface area contributed by atoms with Gasteiger partial charge in [-0.1, -0.05) is 41.6 Å². The molecule has 1 atom stereocenters. The van der Waals surface area contributed by atoms with E-state index in [9.17, 15) is 5.21 Å². The van der Waals surface area contributed by atoms with Crippen molar-refractivity contribution in [1.29, 1.82) is 0 Å². The van der Waals surface area contributed by atoms with Gasteiger partial charge in [-0.05, 0) is 41.8 Å². The van der Waals surface area contributed by atoms with E-state index < -0.39 is 0 Å². The van der Waals surface area contributed by atoms with Crippen molar-refractivity contribution in [2.45, 2.75) is 22.3 Å². The first-order valence-corrected chi connectivity index (χ1v) is 9.56. The van der Waals surface area contributed by atoms with Crippen LogP contribution in [-0.4, -0.2) is 42.8 Å². The minimum absolute atomic E-state index is 0.128. The Kier molecular flexibility index (Phi) is 4.35. The van der Waals surface area contributed by atoms with Crippen molar-refractivity contribution < 1.29 is 4.65 Å². The van der Waals surface area contributed by atoms with Gasteiger partial charge >= 0.3 is 0 Å². The maximum Gasteiger partial charge on any atom is 0.0911 e. The third kappa shape index (κ3) is 3.22. The Bertz CT molecular complexity index is 755. The molecular formula is C19H21ClN2OS. The van der Waals surface area contributed by atoms with Gasteiger partial charge in [0.2, 0.25) is 0 Å². The third-order valence-corrected chi connectivity index (χ3v) is 6.54. The summed E-state index contributed by atoms with van der Waals surface area (Å²) in [6.45, 7) is 2.98. The lowest BCUT2D eigenvalue weighted by atomic mass is 9.96. The van der Waals surface area contributed by atoms with E-state index in [1.54, 1.807) is 7.05 Å². The fraction of sp³-hybridized carbons (Fsp3) is 0.368. The summed E-state index contributed by atoms with van der Waals surface area (Å²) in [5.74, 6) is 0. The third-order valence-electron chi connectivity index (χ3n) is 5.10. The summed E-state index contributed by atoms with van der Waals surface area (Å²) in [6.07, 6.45) is 0.971. The van der Waals surface area contributed by atoms with Crippen LogP contribution < -0.4 is 0 Å². The van der Waals surface area contributed by atoms with E-state index in [-0.39, 0.29) is 10.7 Å². The molecule has 2 aliphatic rings. The number of hydrogen-bond acceptors (Lipinski definition) is 3. The summed E-state index contributed by atoms with van der Waals surface area (Å²) >= 11 is 8.14. The maximum absolute atomic E-state index is 12.2. The largest absolute Gasteiger partial charge is 0.633 e. The van der Waals surface area contributed by atoms with Gasteiger partial charge in [-0.25, -0.2) is 0 Å². The molecule has 0 spiro atoms. The highest BCUT2D eigenvalue weighted by atomic mass is 35.5. The summed E-state index contributed by atoms with van der Waals surface area (Å²) in [7, 11) is 1.78. The second kappa shape index (κ2) is 6.36. The van der Waals surface area contributed by atoms with E-state index in [4.69, 9.17) is 11.6 Å². The zero-order valence-electron chi connectivity index (χ0n) is 13.7. The minimum Gasteiger partial charge on any atom is -0.633 e. The molecule has 0 N–H and O–H groups in total. The van der Waals surface area contributed by atoms with E-state index in [1.165, 1.54) is 20.9 Å². The number of benzene rings is 2. The number of likely N-dealkylation sites (N-methyl/N-ethyl adjacent to an activating group) is 1. The molecule has 0 radical (unpaired) electrons. The molecule has 4 rings (SSSR count). The molecular weight excluding hydrogens is 340 g/mol. The average Bonchev–Trinajstić information content (AvgIpc) is 2.71. The van der Waals surface area contributed by atoms with Crippen LogP contribution in [-0.2, 0) is 6.42 Å². The number of fused-ring (bicyclic) bond motifs is 2. The molecule has 1 fully saturated rings. The first kappa shape index (κ1) is 16.4. The molecule has 0 amide bonds. The molecule has 1 unspecified atom stereocenters. The van der Waals surface area contributed by atoms with Gasteiger partial charge in [0.05, 0.1) is 20.1 Å². The summed E-state index contributed by atoms with van der Waals surface area (Å²) in [6, 6.07) is 15.1. The Balaban J connectivity index is 1.74. The number of nitrogens with zero attached hydrogens (tertiary/aromatic N) is 2. The van der Waals surface area contributed by atoms with Crippen LogP contribution in [0.2, 0.25) is 5.02 Å². The van der Waals surface area contributed by atoms with Crippen molar-refractivity contribution in [3.63, 3.8) is 0 Å². The first-order chi connectivity index (χ1) is 11.5. The number of hydrogen-bond donors (Lipinski definition) is 0. The molecule has 2 aromatic rings. The van der Waals surface area contributed by atoms with Gasteiger partial charge in [-0.3, -0.25) is 4.90 Å². The minimum atomic E-state index is -0.128. The second-order valence-corrected chi connectivity index (χ2v) is 8.41. The molecule has 0 bridgehead atoms. The molecule has 3 nitrogen and oxygen atoms in total. The number of quaternary nitrogens is 1. The average molecular weight is 361 g/mol. The molecule has 24 heavy (non-hydrogen) atoms. The Labute approximate surface area is 152 Å². The lowest BCUT2D eigenvalue weighted by Crippen LogP contribution is -2.54. The zero-order valence-corrected chi connectivity index (χ0v) is 15.3. The Morgan fingerprint density at radius 1 is 1.12 bits per heavy atom. The maximum atomic E-state index is 12.2. The van der Waals surface area contributed by atoms with Gasteiger partial charge in [0.1, 0.15) is 0 Å². The topological polar surface area (TPSA) is 26.3 Å². The van der Waals surface area contributed by atoms with E-state index in [2.05, 4.69) is 41.3 Å². The molecule has 0 aromatic heterocycles. The van der Waals surface area contributed by atoms with Crippen molar-refractivity contribution in [2.24, 2.45) is 0 Å². The van der Waals surface area contributed by atoms with Crippen LogP contribution in [0.3, 0.4) is 0 Å². The van der Waals surface area contributed by atoms with E-state index in [0.29, 0.717) is 13.1 Å². The highest BCUT2D eigenvalue weighted by molar-refractivity contribution is 7.99. The highest BCUT2D eigenvalue weighted by Crippen LogP contribution is 2.43. The van der Waals surface area contributed by atoms with Crippen LogP contribution >= 0.6 is 23.4 Å². The SMILES string of the molecule is C[N+]1([O-])CCN(C2Cc3ccccc3Sc3ccc(Cl)cc32)CC1. The lowest BCUT2D eigenvalue weighted by Gasteiger charge is -2.47. The predicted molar refractivity (Wildman–Crippen MR) is 99.3 cm³/mol. The van der Waals surface area contributed by atoms with Gasteiger partial charge in [-0.15, -0.1) is 0 Å². The monoisotopic (exact) mass is 360 g/mol. The van der Waals surface area contributed by atoms with E-state index >= 15 is 0 Å².